The largest absolute Gasteiger partial charge is 0.493 e. The van der Waals surface area contributed by atoms with Crippen LogP contribution >= 0.6 is 0 Å². The Kier molecular flexibility index (Phi) is 7.85. The number of hydrogen-bond donors (Lipinski definition) is 0. The van der Waals surface area contributed by atoms with Gasteiger partial charge in [-0.15, -0.1) is 0 Å². The molecule has 8 nitrogen and oxygen atoms in total. The summed E-state index contributed by atoms with van der Waals surface area (Å²) in [5, 5.41) is 4.15. The van der Waals surface area contributed by atoms with Gasteiger partial charge in [0.25, 0.3) is 0 Å². The average molecular weight is 405 g/mol. The Bertz CT molecular complexity index is 767. The first-order valence-electron chi connectivity index (χ1n) is 10.3. The molecule has 1 aliphatic heterocycles. The minimum absolute atomic E-state index is 0.525. The molecule has 1 aromatic carbocycles. The van der Waals surface area contributed by atoms with E-state index in [1.807, 2.05) is 25.1 Å². The highest BCUT2D eigenvalue weighted by atomic mass is 16.5. The maximum atomic E-state index is 5.52. The van der Waals surface area contributed by atoms with Crippen molar-refractivity contribution in [1.82, 2.24) is 19.9 Å². The minimum atomic E-state index is 0.525. The number of benzene rings is 1. The van der Waals surface area contributed by atoms with Crippen LogP contribution in [0.3, 0.4) is 0 Å². The zero-order valence-electron chi connectivity index (χ0n) is 17.9. The molecule has 1 unspecified atom stereocenters. The maximum absolute atomic E-state index is 5.52. The second kappa shape index (κ2) is 10.6. The van der Waals surface area contributed by atoms with Crippen LogP contribution in [-0.4, -0.2) is 79.6 Å². The summed E-state index contributed by atoms with van der Waals surface area (Å²) in [6.45, 7) is 10.5. The van der Waals surface area contributed by atoms with E-state index in [2.05, 4.69) is 26.9 Å². The summed E-state index contributed by atoms with van der Waals surface area (Å²) < 4.78 is 21.7. The van der Waals surface area contributed by atoms with Crippen LogP contribution in [-0.2, 0) is 11.3 Å². The number of piperazine rings is 1. The van der Waals surface area contributed by atoms with Gasteiger partial charge in [0, 0.05) is 44.4 Å². The SMILES string of the molecule is CCOCCN1CCN(Cc2nc(-c3ccc(OC)c(OC)c3)no2)CC1CC. The van der Waals surface area contributed by atoms with Crippen LogP contribution in [0.4, 0.5) is 0 Å². The molecule has 0 saturated carbocycles. The summed E-state index contributed by atoms with van der Waals surface area (Å²) in [4.78, 5) is 9.50. The van der Waals surface area contributed by atoms with Crippen molar-refractivity contribution < 1.29 is 18.7 Å². The third-order valence-electron chi connectivity index (χ3n) is 5.36. The Hall–Kier alpha value is -2.16. The summed E-state index contributed by atoms with van der Waals surface area (Å²) in [5.41, 5.74) is 0.838. The zero-order valence-corrected chi connectivity index (χ0v) is 17.9. The smallest absolute Gasteiger partial charge is 0.241 e. The standard InChI is InChI=1S/C21H32N4O4/c1-5-17-14-24(9-10-25(17)11-12-28-6-2)15-20-22-21(23-29-20)16-7-8-18(26-3)19(13-16)27-4/h7-8,13,17H,5-6,9-12,14-15H2,1-4H3. The molecular weight excluding hydrogens is 372 g/mol. The fourth-order valence-corrected chi connectivity index (χ4v) is 3.71. The number of hydrogen-bond acceptors (Lipinski definition) is 8. The molecule has 0 bridgehead atoms. The van der Waals surface area contributed by atoms with Gasteiger partial charge in [-0.1, -0.05) is 12.1 Å². The molecule has 160 valence electrons. The van der Waals surface area contributed by atoms with E-state index in [0.717, 1.165) is 51.4 Å². The lowest BCUT2D eigenvalue weighted by Gasteiger charge is -2.40. The third-order valence-corrected chi connectivity index (χ3v) is 5.36. The monoisotopic (exact) mass is 404 g/mol. The van der Waals surface area contributed by atoms with Gasteiger partial charge in [0.2, 0.25) is 11.7 Å². The van der Waals surface area contributed by atoms with Gasteiger partial charge in [0.05, 0.1) is 27.4 Å². The maximum Gasteiger partial charge on any atom is 0.241 e. The fraction of sp³-hybridized carbons (Fsp3) is 0.619. The Labute approximate surface area is 172 Å². The number of aromatic nitrogens is 2. The van der Waals surface area contributed by atoms with Crippen molar-refractivity contribution in [3.63, 3.8) is 0 Å². The van der Waals surface area contributed by atoms with E-state index < -0.39 is 0 Å². The number of rotatable bonds is 10. The first kappa shape index (κ1) is 21.5. The zero-order chi connectivity index (χ0) is 20.6. The van der Waals surface area contributed by atoms with Gasteiger partial charge >= 0.3 is 0 Å². The minimum Gasteiger partial charge on any atom is -0.493 e. The Morgan fingerprint density at radius 1 is 1.14 bits per heavy atom. The molecule has 1 saturated heterocycles. The van der Waals surface area contributed by atoms with Crippen molar-refractivity contribution in [3.05, 3.63) is 24.1 Å². The molecule has 1 aromatic heterocycles. The van der Waals surface area contributed by atoms with Gasteiger partial charge in [-0.3, -0.25) is 9.80 Å². The van der Waals surface area contributed by atoms with Crippen LogP contribution < -0.4 is 9.47 Å². The second-order valence-electron chi connectivity index (χ2n) is 7.11. The van der Waals surface area contributed by atoms with Gasteiger partial charge in [0.1, 0.15) is 0 Å². The molecule has 1 aliphatic rings. The highest BCUT2D eigenvalue weighted by Gasteiger charge is 2.26. The van der Waals surface area contributed by atoms with Crippen molar-refractivity contribution in [2.75, 3.05) is 53.6 Å². The van der Waals surface area contributed by atoms with Crippen LogP contribution in [0.5, 0.6) is 11.5 Å². The Morgan fingerprint density at radius 3 is 2.69 bits per heavy atom. The summed E-state index contributed by atoms with van der Waals surface area (Å²) in [6, 6.07) is 6.13. The molecule has 0 spiro atoms. The molecular formula is C21H32N4O4. The van der Waals surface area contributed by atoms with E-state index in [-0.39, 0.29) is 0 Å². The quantitative estimate of drug-likeness (QED) is 0.560. The Morgan fingerprint density at radius 2 is 1.97 bits per heavy atom. The molecule has 1 atom stereocenters. The van der Waals surface area contributed by atoms with Crippen LogP contribution in [0.2, 0.25) is 0 Å². The molecule has 0 amide bonds. The van der Waals surface area contributed by atoms with Crippen molar-refractivity contribution in [1.29, 1.82) is 0 Å². The molecule has 3 rings (SSSR count). The average Bonchev–Trinajstić information content (AvgIpc) is 3.22. The van der Waals surface area contributed by atoms with E-state index in [1.54, 1.807) is 14.2 Å². The first-order chi connectivity index (χ1) is 14.2. The third kappa shape index (κ3) is 5.46. The van der Waals surface area contributed by atoms with Crippen molar-refractivity contribution in [3.8, 4) is 22.9 Å². The molecule has 1 fully saturated rings. The van der Waals surface area contributed by atoms with Gasteiger partial charge in [0.15, 0.2) is 11.5 Å². The second-order valence-corrected chi connectivity index (χ2v) is 7.11. The van der Waals surface area contributed by atoms with Crippen LogP contribution in [0, 0.1) is 0 Å². The van der Waals surface area contributed by atoms with Crippen LogP contribution in [0.25, 0.3) is 11.4 Å². The normalized spacial score (nSPS) is 18.1. The molecule has 2 heterocycles. The van der Waals surface area contributed by atoms with E-state index in [0.29, 0.717) is 35.8 Å². The van der Waals surface area contributed by atoms with Gasteiger partial charge in [-0.05, 0) is 31.5 Å². The van der Waals surface area contributed by atoms with Crippen molar-refractivity contribution in [2.45, 2.75) is 32.9 Å². The van der Waals surface area contributed by atoms with Crippen molar-refractivity contribution >= 4 is 0 Å². The lowest BCUT2D eigenvalue weighted by atomic mass is 10.1. The van der Waals surface area contributed by atoms with Gasteiger partial charge < -0.3 is 18.7 Å². The summed E-state index contributed by atoms with van der Waals surface area (Å²) in [6.07, 6.45) is 1.11. The predicted octanol–water partition coefficient (Wildman–Crippen LogP) is 2.69. The van der Waals surface area contributed by atoms with Crippen LogP contribution in [0.1, 0.15) is 26.2 Å². The number of ether oxygens (including phenoxy) is 3. The molecule has 29 heavy (non-hydrogen) atoms. The molecule has 8 heteroatoms. The van der Waals surface area contributed by atoms with E-state index >= 15 is 0 Å². The lowest BCUT2D eigenvalue weighted by Crippen LogP contribution is -2.53. The molecule has 0 radical (unpaired) electrons. The van der Waals surface area contributed by atoms with E-state index in [9.17, 15) is 0 Å². The first-order valence-corrected chi connectivity index (χ1v) is 10.3. The lowest BCUT2D eigenvalue weighted by molar-refractivity contribution is 0.0350. The predicted molar refractivity (Wildman–Crippen MR) is 110 cm³/mol. The van der Waals surface area contributed by atoms with Gasteiger partial charge in [-0.2, -0.15) is 4.98 Å². The number of methoxy groups -OCH3 is 2. The highest BCUT2D eigenvalue weighted by Crippen LogP contribution is 2.31. The molecule has 0 aliphatic carbocycles. The summed E-state index contributed by atoms with van der Waals surface area (Å²) in [7, 11) is 3.23. The van der Waals surface area contributed by atoms with E-state index in [1.165, 1.54) is 0 Å². The van der Waals surface area contributed by atoms with Gasteiger partial charge in [-0.25, -0.2) is 0 Å². The van der Waals surface area contributed by atoms with E-state index in [4.69, 9.17) is 18.7 Å². The van der Waals surface area contributed by atoms with Crippen LogP contribution in [0.15, 0.2) is 22.7 Å². The fourth-order valence-electron chi connectivity index (χ4n) is 3.71. The Balaban J connectivity index is 1.60. The molecule has 0 N–H and O–H groups in total. The molecule has 2 aromatic rings. The topological polar surface area (TPSA) is 73.1 Å². The number of nitrogens with zero attached hydrogens (tertiary/aromatic N) is 4. The summed E-state index contributed by atoms with van der Waals surface area (Å²) >= 11 is 0. The summed E-state index contributed by atoms with van der Waals surface area (Å²) in [5.74, 6) is 2.51. The van der Waals surface area contributed by atoms with Crippen molar-refractivity contribution in [2.24, 2.45) is 0 Å². The highest BCUT2D eigenvalue weighted by molar-refractivity contribution is 5.60.